The highest BCUT2D eigenvalue weighted by molar-refractivity contribution is 5.94. The molecule has 4 aromatic rings. The maximum atomic E-state index is 13.5. The van der Waals surface area contributed by atoms with Gasteiger partial charge in [0.1, 0.15) is 12.3 Å². The second kappa shape index (κ2) is 18.6. The molecule has 2 aliphatic rings. The number of carbonyl (C=O) groups is 3. The van der Waals surface area contributed by atoms with Gasteiger partial charge in [-0.05, 0) is 142 Å². The van der Waals surface area contributed by atoms with Crippen LogP contribution in [0.25, 0.3) is 22.3 Å². The number of alkyl carbamates (subject to hydrolysis) is 1. The summed E-state index contributed by atoms with van der Waals surface area (Å²) in [6.45, 7) is 12.5. The van der Waals surface area contributed by atoms with E-state index in [0.29, 0.717) is 37.1 Å². The molecule has 3 amide bonds. The maximum absolute atomic E-state index is 13.5. The Morgan fingerprint density at radius 2 is 1.39 bits per heavy atom. The van der Waals surface area contributed by atoms with Gasteiger partial charge >= 0.3 is 6.09 Å². The molecule has 7 N–H and O–H groups in total. The Kier molecular flexibility index (Phi) is 13.6. The molecule has 13 heteroatoms. The van der Waals surface area contributed by atoms with Crippen molar-refractivity contribution in [1.29, 1.82) is 0 Å². The predicted octanol–water partition coefficient (Wildman–Crippen LogP) is 7.59. The number of hydrogen-bond donors (Lipinski definition) is 6. The molecule has 59 heavy (non-hydrogen) atoms. The molecule has 2 aliphatic heterocycles. The van der Waals surface area contributed by atoms with Gasteiger partial charge in [-0.3, -0.25) is 14.9 Å². The van der Waals surface area contributed by atoms with Crippen molar-refractivity contribution < 1.29 is 34.1 Å². The average Bonchev–Trinajstić information content (AvgIpc) is 3.16. The molecule has 0 spiro atoms. The third kappa shape index (κ3) is 10.4. The van der Waals surface area contributed by atoms with Crippen molar-refractivity contribution in [2.45, 2.75) is 123 Å². The van der Waals surface area contributed by atoms with Crippen LogP contribution in [0.4, 0.5) is 27.5 Å². The Hall–Kier alpha value is -5.47. The number of rotatable bonds is 13. The molecule has 314 valence electrons. The molecule has 0 saturated heterocycles. The lowest BCUT2D eigenvalue weighted by Crippen LogP contribution is -2.49. The van der Waals surface area contributed by atoms with Crippen molar-refractivity contribution in [3.8, 4) is 22.3 Å². The number of aliphatic hydroxyl groups excluding tert-OH is 2. The van der Waals surface area contributed by atoms with Crippen molar-refractivity contribution in [3.63, 3.8) is 0 Å². The van der Waals surface area contributed by atoms with Crippen LogP contribution in [-0.2, 0) is 19.1 Å². The third-order valence-electron chi connectivity index (χ3n) is 11.0. The molecular weight excluding hydrogens is 749 g/mol. The number of carbonyl (C=O) groups excluding carboxylic acids is 3. The molecule has 4 aromatic carbocycles. The summed E-state index contributed by atoms with van der Waals surface area (Å²) in [5.41, 5.74) is 14.3. The Morgan fingerprint density at radius 3 is 2.03 bits per heavy atom. The molecule has 2 heterocycles. The molecule has 0 saturated carbocycles. The number of nitrogens with one attached hydrogen (secondary N) is 3. The van der Waals surface area contributed by atoms with E-state index in [4.69, 9.17) is 15.2 Å². The topological polar surface area (TPSA) is 179 Å². The summed E-state index contributed by atoms with van der Waals surface area (Å²) in [7, 11) is 0. The number of benzene rings is 4. The molecule has 6 rings (SSSR count). The summed E-state index contributed by atoms with van der Waals surface area (Å²) in [6.07, 6.45) is -1.63. The van der Waals surface area contributed by atoms with Crippen LogP contribution in [0.15, 0.2) is 84.9 Å². The van der Waals surface area contributed by atoms with E-state index in [1.165, 1.54) is 6.92 Å². The molecular formula is C46H58N6O7. The first-order chi connectivity index (χ1) is 28.1. The first-order valence-corrected chi connectivity index (χ1v) is 20.4. The van der Waals surface area contributed by atoms with Gasteiger partial charge in [0.25, 0.3) is 0 Å². The quantitative estimate of drug-likeness (QED) is 0.0583. The number of anilines is 4. The lowest BCUT2D eigenvalue weighted by atomic mass is 9.88. The number of hydrogen-bond acceptors (Lipinski definition) is 10. The lowest BCUT2D eigenvalue weighted by molar-refractivity contribution is -0.150. The molecule has 3 unspecified atom stereocenters. The summed E-state index contributed by atoms with van der Waals surface area (Å²) >= 11 is 0. The van der Waals surface area contributed by atoms with E-state index in [9.17, 15) is 24.6 Å². The molecule has 0 radical (unpaired) electrons. The van der Waals surface area contributed by atoms with E-state index in [0.717, 1.165) is 44.8 Å². The lowest BCUT2D eigenvalue weighted by Gasteiger charge is -2.44. The Bertz CT molecular complexity index is 2140. The molecule has 0 fully saturated rings. The minimum atomic E-state index is -1.20. The van der Waals surface area contributed by atoms with Crippen molar-refractivity contribution >= 4 is 40.7 Å². The van der Waals surface area contributed by atoms with Gasteiger partial charge in [-0.15, -0.1) is 0 Å². The van der Waals surface area contributed by atoms with Gasteiger partial charge in [0.2, 0.25) is 18.2 Å². The zero-order chi connectivity index (χ0) is 42.5. The predicted molar refractivity (Wildman–Crippen MR) is 231 cm³/mol. The number of nitrogen functional groups attached to an aromatic ring is 1. The van der Waals surface area contributed by atoms with Crippen molar-refractivity contribution in [2.24, 2.45) is 0 Å². The minimum absolute atomic E-state index is 0.0762. The van der Waals surface area contributed by atoms with Crippen LogP contribution in [0.3, 0.4) is 0 Å². The Morgan fingerprint density at radius 1 is 0.780 bits per heavy atom. The highest BCUT2D eigenvalue weighted by Gasteiger charge is 2.36. The standard InChI is InChI=1S/C46H58N6O7/c1-26(2)58-45(56)49-41-21-28(4)52(43-18-16-35(25-39(41)43)33-11-9-13-37(23-33)48-30(6)53)44(55)19-14-29(5)59-46(57)50-40-20-27(3)51(31(7)54)42-17-15-34(24-38(40)42)32-10-8-12-36(47)22-32/h8-13,15-18,22-29,40-41,44-45,49,55-56H,14,19-21,47H2,1-7H3,(H,48,53)(H,50,57)/t27-,28-,29?,40+,41+,44?,45?/m0/s1. The van der Waals surface area contributed by atoms with Gasteiger partial charge in [-0.25, -0.2) is 4.79 Å². The van der Waals surface area contributed by atoms with E-state index in [1.54, 1.807) is 11.8 Å². The SMILES string of the molecule is CC(=O)Nc1cccc(-c2ccc3c(c2)[C@H](NC(O)OC(C)C)C[C@H](C)N3C(O)CCC(C)OC(=O)N[C@@H]2C[C@H](C)N(C(C)=O)c3ccc(-c4cccc(N)c4)cc32)c1. The van der Waals surface area contributed by atoms with Crippen molar-refractivity contribution in [1.82, 2.24) is 10.6 Å². The van der Waals surface area contributed by atoms with Crippen molar-refractivity contribution in [2.75, 3.05) is 20.9 Å². The number of aliphatic hydroxyl groups is 2. The maximum Gasteiger partial charge on any atom is 0.407 e. The van der Waals surface area contributed by atoms with Gasteiger partial charge < -0.3 is 45.9 Å². The summed E-state index contributed by atoms with van der Waals surface area (Å²) in [6, 6.07) is 26.1. The first-order valence-electron chi connectivity index (χ1n) is 20.4. The van der Waals surface area contributed by atoms with E-state index in [1.807, 2.05) is 124 Å². The smallest absolute Gasteiger partial charge is 0.407 e. The summed E-state index contributed by atoms with van der Waals surface area (Å²) in [5, 5.41) is 31.6. The zero-order valence-electron chi connectivity index (χ0n) is 34.9. The molecule has 0 bridgehead atoms. The van der Waals surface area contributed by atoms with E-state index in [2.05, 4.69) is 16.0 Å². The number of fused-ring (bicyclic) bond motifs is 2. The van der Waals surface area contributed by atoms with E-state index in [-0.39, 0.29) is 36.0 Å². The number of ether oxygens (including phenoxy) is 2. The van der Waals surface area contributed by atoms with Crippen LogP contribution in [0.1, 0.15) is 97.4 Å². The fourth-order valence-corrected chi connectivity index (χ4v) is 8.45. The molecule has 7 atom stereocenters. The highest BCUT2D eigenvalue weighted by Crippen LogP contribution is 2.42. The van der Waals surface area contributed by atoms with Crippen LogP contribution in [-0.4, -0.2) is 65.1 Å². The highest BCUT2D eigenvalue weighted by atomic mass is 16.6. The number of nitrogens with two attached hydrogens (primary N) is 1. The monoisotopic (exact) mass is 806 g/mol. The number of nitrogens with zero attached hydrogens (tertiary/aromatic N) is 2. The third-order valence-corrected chi connectivity index (χ3v) is 11.0. The van der Waals surface area contributed by atoms with Crippen LogP contribution in [0.2, 0.25) is 0 Å². The van der Waals surface area contributed by atoms with Gasteiger partial charge in [0.05, 0.1) is 12.1 Å². The van der Waals surface area contributed by atoms with Crippen molar-refractivity contribution in [3.05, 3.63) is 96.1 Å². The average molecular weight is 807 g/mol. The van der Waals surface area contributed by atoms with Gasteiger partial charge in [-0.2, -0.15) is 0 Å². The summed E-state index contributed by atoms with van der Waals surface area (Å²) in [5.74, 6) is -0.237. The Balaban J connectivity index is 1.16. The summed E-state index contributed by atoms with van der Waals surface area (Å²) in [4.78, 5) is 41.7. The first kappa shape index (κ1) is 43.1. The van der Waals surface area contributed by atoms with Crippen LogP contribution >= 0.6 is 0 Å². The number of amides is 3. The van der Waals surface area contributed by atoms with Gasteiger partial charge in [0, 0.05) is 54.7 Å². The zero-order valence-corrected chi connectivity index (χ0v) is 34.9. The van der Waals surface area contributed by atoms with Gasteiger partial charge in [0.15, 0.2) is 0 Å². The minimum Gasteiger partial charge on any atom is -0.447 e. The largest absolute Gasteiger partial charge is 0.447 e. The van der Waals surface area contributed by atoms with E-state index < -0.39 is 30.9 Å². The molecule has 0 aromatic heterocycles. The second-order valence-corrected chi connectivity index (χ2v) is 16.1. The van der Waals surface area contributed by atoms with Gasteiger partial charge in [-0.1, -0.05) is 36.4 Å². The van der Waals surface area contributed by atoms with Crippen LogP contribution < -0.4 is 31.5 Å². The second-order valence-electron chi connectivity index (χ2n) is 16.1. The Labute approximate surface area is 346 Å². The molecule has 0 aliphatic carbocycles. The van der Waals surface area contributed by atoms with E-state index >= 15 is 0 Å². The summed E-state index contributed by atoms with van der Waals surface area (Å²) < 4.78 is 11.5. The fraction of sp³-hybridized carbons (Fsp3) is 0.413. The normalized spacial score (nSPS) is 20.2. The molecule has 13 nitrogen and oxygen atoms in total. The van der Waals surface area contributed by atoms with Crippen LogP contribution in [0, 0.1) is 0 Å². The fourth-order valence-electron chi connectivity index (χ4n) is 8.45. The van der Waals surface area contributed by atoms with Crippen LogP contribution in [0.5, 0.6) is 0 Å².